The van der Waals surface area contributed by atoms with Gasteiger partial charge in [-0.15, -0.1) is 0 Å². The first-order valence-electron chi connectivity index (χ1n) is 7.20. The molecule has 0 unspecified atom stereocenters. The Kier molecular flexibility index (Phi) is 12.1. The molecule has 0 atom stereocenters. The van der Waals surface area contributed by atoms with Crippen molar-refractivity contribution in [3.63, 3.8) is 0 Å². The van der Waals surface area contributed by atoms with Crippen molar-refractivity contribution in [1.29, 1.82) is 0 Å². The second-order valence-corrected chi connectivity index (χ2v) is 4.65. The molecule has 0 saturated heterocycles. The molecule has 0 heterocycles. The van der Waals surface area contributed by atoms with E-state index >= 15 is 0 Å². The molecular formula is C14H27N3O2. The summed E-state index contributed by atoms with van der Waals surface area (Å²) < 4.78 is 0. The molecule has 0 aromatic carbocycles. The second kappa shape index (κ2) is 13.1. The number of unbranched alkanes of at least 4 members (excludes halogenated alkanes) is 8. The minimum Gasteiger partial charge on any atom is -0.365 e. The molecule has 0 saturated carbocycles. The van der Waals surface area contributed by atoms with Gasteiger partial charge in [-0.2, -0.15) is 0 Å². The number of aliphatic imine (C=N–C) groups is 1. The Hall–Kier alpha value is -1.39. The summed E-state index contributed by atoms with van der Waals surface area (Å²) in [5.41, 5.74) is 5.21. The number of hydrogen-bond donors (Lipinski definition) is 1. The van der Waals surface area contributed by atoms with E-state index in [1.807, 2.05) is 0 Å². The summed E-state index contributed by atoms with van der Waals surface area (Å²) in [5, 5.41) is 3.32. The van der Waals surface area contributed by atoms with Crippen LogP contribution in [0.25, 0.3) is 0 Å². The first-order valence-corrected chi connectivity index (χ1v) is 7.20. The zero-order valence-corrected chi connectivity index (χ0v) is 12.1. The molecule has 0 fully saturated rings. The third-order valence-corrected chi connectivity index (χ3v) is 2.89. The van der Waals surface area contributed by atoms with E-state index in [1.165, 1.54) is 44.9 Å². The van der Waals surface area contributed by atoms with Gasteiger partial charge in [-0.3, -0.25) is 0 Å². The van der Waals surface area contributed by atoms with Gasteiger partial charge in [0.1, 0.15) is 0 Å². The van der Waals surface area contributed by atoms with Gasteiger partial charge in [0.25, 0.3) is 5.96 Å². The van der Waals surface area contributed by atoms with Crippen LogP contribution < -0.4 is 5.73 Å². The Labute approximate surface area is 116 Å². The maximum atomic E-state index is 11.2. The van der Waals surface area contributed by atoms with Gasteiger partial charge in [0.15, 0.2) is 0 Å². The fraction of sp³-hybridized carbons (Fsp3) is 0.786. The second-order valence-electron chi connectivity index (χ2n) is 4.65. The van der Waals surface area contributed by atoms with Crippen LogP contribution in [0.15, 0.2) is 10.1 Å². The van der Waals surface area contributed by atoms with E-state index in [0.29, 0.717) is 6.42 Å². The van der Waals surface area contributed by atoms with E-state index in [2.05, 4.69) is 28.6 Å². The van der Waals surface area contributed by atoms with Crippen LogP contribution >= 0.6 is 0 Å². The highest BCUT2D eigenvalue weighted by atomic mass is 16.7. The Morgan fingerprint density at radius 2 is 1.58 bits per heavy atom. The monoisotopic (exact) mass is 269 g/mol. The molecule has 0 rings (SSSR count). The molecule has 0 bridgehead atoms. The summed E-state index contributed by atoms with van der Waals surface area (Å²) in [5.74, 6) is -0.491. The molecule has 0 radical (unpaired) electrons. The van der Waals surface area contributed by atoms with Gasteiger partial charge in [0.05, 0.1) is 0 Å². The molecule has 0 aliphatic carbocycles. The third-order valence-electron chi connectivity index (χ3n) is 2.89. The predicted molar refractivity (Wildman–Crippen MR) is 79.1 cm³/mol. The molecule has 5 nitrogen and oxygen atoms in total. The van der Waals surface area contributed by atoms with E-state index in [0.717, 1.165) is 12.8 Å². The molecule has 0 aliphatic rings. The largest absolute Gasteiger partial charge is 0.365 e. The van der Waals surface area contributed by atoms with Gasteiger partial charge in [0.2, 0.25) is 0 Å². The maximum absolute atomic E-state index is 11.2. The van der Waals surface area contributed by atoms with Crippen LogP contribution in [-0.4, -0.2) is 18.6 Å². The minimum absolute atomic E-state index is 0.125. The predicted octanol–water partition coefficient (Wildman–Crippen LogP) is 3.38. The van der Waals surface area contributed by atoms with Crippen LogP contribution in [-0.2, 0) is 9.63 Å². The molecule has 0 aromatic rings. The van der Waals surface area contributed by atoms with Gasteiger partial charge in [0, 0.05) is 6.42 Å². The molecule has 0 amide bonds. The molecule has 0 aromatic heterocycles. The smallest absolute Gasteiger partial charge is 0.335 e. The number of rotatable bonds is 11. The Balaban J connectivity index is 3.30. The van der Waals surface area contributed by atoms with Crippen molar-refractivity contribution in [1.82, 2.24) is 0 Å². The third kappa shape index (κ3) is 12.9. The highest BCUT2D eigenvalue weighted by molar-refractivity contribution is 5.82. The lowest BCUT2D eigenvalue weighted by Crippen LogP contribution is -2.10. The maximum Gasteiger partial charge on any atom is 0.335 e. The summed E-state index contributed by atoms with van der Waals surface area (Å²) in [6, 6.07) is 0. The van der Waals surface area contributed by atoms with Gasteiger partial charge in [-0.1, -0.05) is 58.3 Å². The van der Waals surface area contributed by atoms with E-state index in [-0.39, 0.29) is 11.9 Å². The van der Waals surface area contributed by atoms with E-state index in [4.69, 9.17) is 5.73 Å². The number of carbonyl (C=O) groups excluding carboxylic acids is 1. The first kappa shape index (κ1) is 17.6. The molecule has 19 heavy (non-hydrogen) atoms. The summed E-state index contributed by atoms with van der Waals surface area (Å²) in [4.78, 5) is 19.1. The van der Waals surface area contributed by atoms with E-state index in [9.17, 15) is 4.79 Å². The highest BCUT2D eigenvalue weighted by Gasteiger charge is 2.02. The van der Waals surface area contributed by atoms with Gasteiger partial charge < -0.3 is 10.6 Å². The average molecular weight is 269 g/mol. The summed E-state index contributed by atoms with van der Waals surface area (Å²) in [6.07, 6.45) is 11.3. The Morgan fingerprint density at radius 1 is 1.05 bits per heavy atom. The first-order chi connectivity index (χ1) is 9.20. The molecular weight excluding hydrogens is 242 g/mol. The van der Waals surface area contributed by atoms with Crippen LogP contribution in [0.5, 0.6) is 0 Å². The van der Waals surface area contributed by atoms with Crippen LogP contribution in [0, 0.1) is 0 Å². The normalized spacial score (nSPS) is 11.3. The van der Waals surface area contributed by atoms with E-state index in [1.54, 1.807) is 0 Å². The quantitative estimate of drug-likeness (QED) is 0.205. The zero-order valence-electron chi connectivity index (χ0n) is 12.1. The summed E-state index contributed by atoms with van der Waals surface area (Å²) in [6.45, 7) is 5.39. The Bertz CT molecular complexity index is 278. The number of oxime groups is 1. The Morgan fingerprint density at radius 3 is 2.11 bits per heavy atom. The fourth-order valence-electron chi connectivity index (χ4n) is 1.75. The number of guanidine groups is 1. The summed E-state index contributed by atoms with van der Waals surface area (Å²) >= 11 is 0. The lowest BCUT2D eigenvalue weighted by atomic mass is 10.1. The number of nitrogens with zero attached hydrogens (tertiary/aromatic N) is 2. The molecule has 2 N–H and O–H groups in total. The van der Waals surface area contributed by atoms with Gasteiger partial charge in [-0.05, 0) is 18.3 Å². The van der Waals surface area contributed by atoms with Crippen molar-refractivity contribution < 1.29 is 9.63 Å². The van der Waals surface area contributed by atoms with Crippen molar-refractivity contribution >= 4 is 18.6 Å². The number of hydrogen-bond acceptors (Lipinski definition) is 3. The van der Waals surface area contributed by atoms with E-state index < -0.39 is 0 Å². The SMILES string of the molecule is C=N/C(N)=N/OC(=O)CCCCCCCCCCC. The highest BCUT2D eigenvalue weighted by Crippen LogP contribution is 2.10. The van der Waals surface area contributed by atoms with Crippen molar-refractivity contribution in [2.24, 2.45) is 15.9 Å². The molecule has 0 spiro atoms. The van der Waals surface area contributed by atoms with Gasteiger partial charge >= 0.3 is 5.97 Å². The molecule has 0 aliphatic heterocycles. The summed E-state index contributed by atoms with van der Waals surface area (Å²) in [7, 11) is 0. The van der Waals surface area contributed by atoms with Crippen LogP contribution in [0.3, 0.4) is 0 Å². The molecule has 5 heteroatoms. The van der Waals surface area contributed by atoms with Crippen LogP contribution in [0.2, 0.25) is 0 Å². The minimum atomic E-state index is -0.366. The van der Waals surface area contributed by atoms with Crippen molar-refractivity contribution in [3.05, 3.63) is 0 Å². The standard InChI is InChI=1S/C14H27N3O2/c1-3-4-5-6-7-8-9-10-11-12-13(18)19-17-14(15)16-2/h2-12H2,1H3,(H2,15,17). The van der Waals surface area contributed by atoms with Crippen molar-refractivity contribution in [2.75, 3.05) is 0 Å². The zero-order chi connectivity index (χ0) is 14.3. The van der Waals surface area contributed by atoms with Gasteiger partial charge in [-0.25, -0.2) is 9.79 Å². The fourth-order valence-corrected chi connectivity index (χ4v) is 1.75. The van der Waals surface area contributed by atoms with Crippen molar-refractivity contribution in [3.8, 4) is 0 Å². The lowest BCUT2D eigenvalue weighted by Gasteiger charge is -2.01. The van der Waals surface area contributed by atoms with Crippen LogP contribution in [0.4, 0.5) is 0 Å². The molecule has 110 valence electrons. The van der Waals surface area contributed by atoms with Crippen LogP contribution in [0.1, 0.15) is 71.1 Å². The topological polar surface area (TPSA) is 77.0 Å². The average Bonchev–Trinajstić information content (AvgIpc) is 2.42. The lowest BCUT2D eigenvalue weighted by molar-refractivity contribution is -0.143. The number of carbonyl (C=O) groups is 1. The number of nitrogens with two attached hydrogens (primary N) is 1. The van der Waals surface area contributed by atoms with Crippen molar-refractivity contribution in [2.45, 2.75) is 71.1 Å².